The standard InChI is InChI=1S/C16H23NO2/c1-2-15(16(18)19)17-10-6-9-14(12-17)11-13-7-4-3-5-8-13/h3-5,7-8,14-15H,2,6,9-12H2,1H3,(H,18,19). The Bertz CT molecular complexity index is 404. The molecule has 1 saturated heterocycles. The highest BCUT2D eigenvalue weighted by Gasteiger charge is 2.28. The molecule has 3 heteroatoms. The van der Waals surface area contributed by atoms with Crippen LogP contribution in [-0.2, 0) is 11.2 Å². The van der Waals surface area contributed by atoms with Crippen molar-refractivity contribution >= 4 is 5.97 Å². The van der Waals surface area contributed by atoms with Crippen molar-refractivity contribution in [2.24, 2.45) is 5.92 Å². The molecule has 1 aromatic rings. The highest BCUT2D eigenvalue weighted by Crippen LogP contribution is 2.23. The minimum Gasteiger partial charge on any atom is -0.480 e. The van der Waals surface area contributed by atoms with Crippen molar-refractivity contribution in [2.75, 3.05) is 13.1 Å². The maximum absolute atomic E-state index is 11.3. The molecule has 2 rings (SSSR count). The fourth-order valence-electron chi connectivity index (χ4n) is 3.08. The molecule has 0 spiro atoms. The minimum absolute atomic E-state index is 0.307. The Morgan fingerprint density at radius 3 is 2.79 bits per heavy atom. The molecular weight excluding hydrogens is 238 g/mol. The Kier molecular flexibility index (Phi) is 4.97. The summed E-state index contributed by atoms with van der Waals surface area (Å²) in [5.74, 6) is -0.0904. The third kappa shape index (κ3) is 3.80. The Labute approximate surface area is 115 Å². The summed E-state index contributed by atoms with van der Waals surface area (Å²) in [4.78, 5) is 13.4. The smallest absolute Gasteiger partial charge is 0.320 e. The summed E-state index contributed by atoms with van der Waals surface area (Å²) in [6.45, 7) is 3.80. The van der Waals surface area contributed by atoms with E-state index in [1.54, 1.807) is 0 Å². The molecule has 0 saturated carbocycles. The largest absolute Gasteiger partial charge is 0.480 e. The van der Waals surface area contributed by atoms with Crippen LogP contribution in [0.2, 0.25) is 0 Å². The maximum atomic E-state index is 11.3. The number of carbonyl (C=O) groups is 1. The molecule has 0 aromatic heterocycles. The van der Waals surface area contributed by atoms with Crippen LogP contribution in [0, 0.1) is 5.92 Å². The van der Waals surface area contributed by atoms with Gasteiger partial charge in [0.2, 0.25) is 0 Å². The molecule has 2 atom stereocenters. The van der Waals surface area contributed by atoms with Gasteiger partial charge in [-0.1, -0.05) is 37.3 Å². The number of carboxylic acids is 1. The molecule has 1 fully saturated rings. The molecule has 1 aliphatic rings. The molecular formula is C16H23NO2. The maximum Gasteiger partial charge on any atom is 0.320 e. The van der Waals surface area contributed by atoms with E-state index in [4.69, 9.17) is 0 Å². The number of likely N-dealkylation sites (tertiary alicyclic amines) is 1. The van der Waals surface area contributed by atoms with E-state index in [-0.39, 0.29) is 6.04 Å². The van der Waals surface area contributed by atoms with Gasteiger partial charge in [0, 0.05) is 6.54 Å². The second-order valence-corrected chi connectivity index (χ2v) is 5.46. The molecule has 0 aliphatic carbocycles. The Hall–Kier alpha value is -1.35. The minimum atomic E-state index is -0.678. The lowest BCUT2D eigenvalue weighted by molar-refractivity contribution is -0.144. The van der Waals surface area contributed by atoms with Crippen LogP contribution in [0.4, 0.5) is 0 Å². The second kappa shape index (κ2) is 6.71. The fraction of sp³-hybridized carbons (Fsp3) is 0.562. The van der Waals surface area contributed by atoms with Gasteiger partial charge < -0.3 is 5.11 Å². The summed E-state index contributed by atoms with van der Waals surface area (Å²) in [5.41, 5.74) is 1.36. The average Bonchev–Trinajstić information content (AvgIpc) is 2.41. The Morgan fingerprint density at radius 1 is 1.42 bits per heavy atom. The number of rotatable bonds is 5. The van der Waals surface area contributed by atoms with Crippen LogP contribution in [-0.4, -0.2) is 35.1 Å². The second-order valence-electron chi connectivity index (χ2n) is 5.46. The van der Waals surface area contributed by atoms with E-state index < -0.39 is 5.97 Å². The number of nitrogens with zero attached hydrogens (tertiary/aromatic N) is 1. The third-order valence-corrected chi connectivity index (χ3v) is 4.03. The Morgan fingerprint density at radius 2 is 2.16 bits per heavy atom. The number of benzene rings is 1. The molecule has 1 heterocycles. The lowest BCUT2D eigenvalue weighted by atomic mass is 9.90. The topological polar surface area (TPSA) is 40.5 Å². The molecule has 0 bridgehead atoms. The summed E-state index contributed by atoms with van der Waals surface area (Å²) < 4.78 is 0. The van der Waals surface area contributed by atoms with Crippen LogP contribution < -0.4 is 0 Å². The Balaban J connectivity index is 1.95. The van der Waals surface area contributed by atoms with Crippen molar-refractivity contribution in [3.8, 4) is 0 Å². The number of hydrogen-bond donors (Lipinski definition) is 1. The van der Waals surface area contributed by atoms with E-state index in [1.165, 1.54) is 12.0 Å². The first-order valence-corrected chi connectivity index (χ1v) is 7.21. The summed E-state index contributed by atoms with van der Waals surface area (Å²) >= 11 is 0. The highest BCUT2D eigenvalue weighted by atomic mass is 16.4. The molecule has 2 unspecified atom stereocenters. The van der Waals surface area contributed by atoms with Crippen molar-refractivity contribution < 1.29 is 9.90 Å². The van der Waals surface area contributed by atoms with E-state index in [0.29, 0.717) is 12.3 Å². The van der Waals surface area contributed by atoms with E-state index in [2.05, 4.69) is 29.2 Å². The first-order valence-electron chi connectivity index (χ1n) is 7.21. The van der Waals surface area contributed by atoms with Crippen molar-refractivity contribution in [3.63, 3.8) is 0 Å². The summed E-state index contributed by atoms with van der Waals surface area (Å²) in [6, 6.07) is 10.2. The number of piperidine rings is 1. The van der Waals surface area contributed by atoms with Crippen LogP contribution in [0.3, 0.4) is 0 Å². The van der Waals surface area contributed by atoms with Crippen LogP contribution in [0.25, 0.3) is 0 Å². The molecule has 3 nitrogen and oxygen atoms in total. The first-order chi connectivity index (χ1) is 9.20. The molecule has 19 heavy (non-hydrogen) atoms. The van der Waals surface area contributed by atoms with Crippen molar-refractivity contribution in [1.82, 2.24) is 4.90 Å². The van der Waals surface area contributed by atoms with Crippen molar-refractivity contribution in [2.45, 2.75) is 38.6 Å². The molecule has 1 aromatic carbocycles. The molecule has 0 amide bonds. The van der Waals surface area contributed by atoms with Crippen LogP contribution in [0.15, 0.2) is 30.3 Å². The molecule has 104 valence electrons. The molecule has 0 radical (unpaired) electrons. The highest BCUT2D eigenvalue weighted by molar-refractivity contribution is 5.73. The van der Waals surface area contributed by atoms with Gasteiger partial charge in [-0.15, -0.1) is 0 Å². The van der Waals surface area contributed by atoms with Gasteiger partial charge in [0.1, 0.15) is 6.04 Å². The number of carboxylic acid groups (broad SMARTS) is 1. The number of aliphatic carboxylic acids is 1. The van der Waals surface area contributed by atoms with E-state index >= 15 is 0 Å². The van der Waals surface area contributed by atoms with E-state index in [9.17, 15) is 9.90 Å². The zero-order valence-corrected chi connectivity index (χ0v) is 11.6. The normalized spacial score (nSPS) is 22.1. The van der Waals surface area contributed by atoms with Crippen LogP contribution >= 0.6 is 0 Å². The summed E-state index contributed by atoms with van der Waals surface area (Å²) in [5, 5.41) is 9.26. The quantitative estimate of drug-likeness (QED) is 0.886. The zero-order chi connectivity index (χ0) is 13.7. The van der Waals surface area contributed by atoms with E-state index in [1.807, 2.05) is 13.0 Å². The number of hydrogen-bond acceptors (Lipinski definition) is 2. The predicted octanol–water partition coefficient (Wildman–Crippen LogP) is 2.80. The van der Waals surface area contributed by atoms with Crippen molar-refractivity contribution in [1.29, 1.82) is 0 Å². The average molecular weight is 261 g/mol. The van der Waals surface area contributed by atoms with Gasteiger partial charge in [-0.05, 0) is 43.7 Å². The third-order valence-electron chi connectivity index (χ3n) is 4.03. The van der Waals surface area contributed by atoms with E-state index in [0.717, 1.165) is 25.9 Å². The van der Waals surface area contributed by atoms with Gasteiger partial charge in [0.25, 0.3) is 0 Å². The van der Waals surface area contributed by atoms with Gasteiger partial charge in [-0.25, -0.2) is 0 Å². The monoisotopic (exact) mass is 261 g/mol. The lowest BCUT2D eigenvalue weighted by Gasteiger charge is -2.36. The van der Waals surface area contributed by atoms with Gasteiger partial charge in [-0.3, -0.25) is 9.69 Å². The van der Waals surface area contributed by atoms with Gasteiger partial charge >= 0.3 is 5.97 Å². The van der Waals surface area contributed by atoms with Gasteiger partial charge in [0.05, 0.1) is 0 Å². The zero-order valence-electron chi connectivity index (χ0n) is 11.6. The summed E-state index contributed by atoms with van der Waals surface area (Å²) in [6.07, 6.45) is 4.07. The van der Waals surface area contributed by atoms with Crippen molar-refractivity contribution in [3.05, 3.63) is 35.9 Å². The van der Waals surface area contributed by atoms with Crippen LogP contribution in [0.5, 0.6) is 0 Å². The molecule has 1 N–H and O–H groups in total. The lowest BCUT2D eigenvalue weighted by Crippen LogP contribution is -2.46. The predicted molar refractivity (Wildman–Crippen MR) is 76.2 cm³/mol. The van der Waals surface area contributed by atoms with Crippen LogP contribution in [0.1, 0.15) is 31.7 Å². The fourth-order valence-corrected chi connectivity index (χ4v) is 3.08. The first kappa shape index (κ1) is 14.1. The van der Waals surface area contributed by atoms with Gasteiger partial charge in [-0.2, -0.15) is 0 Å². The summed E-state index contributed by atoms with van der Waals surface area (Å²) in [7, 11) is 0. The SMILES string of the molecule is CCC(C(=O)O)N1CCCC(Cc2ccccc2)C1. The molecule has 1 aliphatic heterocycles. The van der Waals surface area contributed by atoms with Gasteiger partial charge in [0.15, 0.2) is 0 Å².